The third-order valence-electron chi connectivity index (χ3n) is 5.19. The van der Waals surface area contributed by atoms with Crippen molar-refractivity contribution in [2.75, 3.05) is 18.2 Å². The van der Waals surface area contributed by atoms with E-state index in [1.807, 2.05) is 54.1 Å². The summed E-state index contributed by atoms with van der Waals surface area (Å²) >= 11 is 1.31. The first-order chi connectivity index (χ1) is 17.0. The molecule has 1 amide bonds. The van der Waals surface area contributed by atoms with Crippen molar-refractivity contribution in [1.29, 1.82) is 0 Å². The molecule has 1 heterocycles. The van der Waals surface area contributed by atoms with E-state index in [9.17, 15) is 9.59 Å². The van der Waals surface area contributed by atoms with Crippen molar-refractivity contribution < 1.29 is 19.1 Å². The van der Waals surface area contributed by atoms with Crippen molar-refractivity contribution in [3.05, 3.63) is 95.8 Å². The molecule has 0 radical (unpaired) electrons. The normalized spacial score (nSPS) is 10.6. The molecule has 0 saturated heterocycles. The summed E-state index contributed by atoms with van der Waals surface area (Å²) in [6.45, 7) is 0.250. The predicted octanol–water partition coefficient (Wildman–Crippen LogP) is 4.63. The van der Waals surface area contributed by atoms with Crippen LogP contribution < -0.4 is 14.8 Å². The summed E-state index contributed by atoms with van der Waals surface area (Å²) in [7, 11) is 3.45. The fourth-order valence-corrected chi connectivity index (χ4v) is 3.99. The highest BCUT2D eigenvalue weighted by molar-refractivity contribution is 7.99. The van der Waals surface area contributed by atoms with Crippen molar-refractivity contribution in [3.8, 4) is 11.5 Å². The Bertz CT molecular complexity index is 1290. The number of Topliss-reactive ketones (excluding diaryl/α,β-unsaturated/α-hetero) is 1. The first-order valence-electron chi connectivity index (χ1n) is 10.8. The van der Waals surface area contributed by atoms with Crippen LogP contribution in [0.2, 0.25) is 0 Å². The van der Waals surface area contributed by atoms with Crippen molar-refractivity contribution in [2.24, 2.45) is 7.05 Å². The number of nitrogens with zero attached hydrogens (tertiary/aromatic N) is 3. The van der Waals surface area contributed by atoms with Crippen molar-refractivity contribution in [1.82, 2.24) is 14.8 Å². The first-order valence-corrected chi connectivity index (χ1v) is 11.8. The fourth-order valence-electron chi connectivity index (χ4n) is 3.16. The van der Waals surface area contributed by atoms with Gasteiger partial charge in [0.15, 0.2) is 16.8 Å². The zero-order valence-corrected chi connectivity index (χ0v) is 20.1. The van der Waals surface area contributed by atoms with Crippen LogP contribution in [-0.4, -0.2) is 39.3 Å². The number of carbonyl (C=O) groups excluding carboxylic acids is 2. The van der Waals surface area contributed by atoms with Gasteiger partial charge < -0.3 is 19.4 Å². The van der Waals surface area contributed by atoms with E-state index < -0.39 is 0 Å². The Kier molecular flexibility index (Phi) is 7.79. The van der Waals surface area contributed by atoms with Crippen LogP contribution in [0, 0.1) is 0 Å². The number of aromatic nitrogens is 3. The Morgan fingerprint density at radius 2 is 1.57 bits per heavy atom. The molecule has 35 heavy (non-hydrogen) atoms. The lowest BCUT2D eigenvalue weighted by Crippen LogP contribution is -2.12. The van der Waals surface area contributed by atoms with E-state index in [1.165, 1.54) is 11.8 Å². The Hall–Kier alpha value is -4.11. The largest absolute Gasteiger partial charge is 0.497 e. The van der Waals surface area contributed by atoms with Crippen LogP contribution >= 0.6 is 11.8 Å². The van der Waals surface area contributed by atoms with Gasteiger partial charge in [-0.3, -0.25) is 9.59 Å². The van der Waals surface area contributed by atoms with Gasteiger partial charge in [0.2, 0.25) is 0 Å². The van der Waals surface area contributed by atoms with E-state index in [0.717, 1.165) is 5.75 Å². The Balaban J connectivity index is 1.28. The highest BCUT2D eigenvalue weighted by Crippen LogP contribution is 2.21. The van der Waals surface area contributed by atoms with Gasteiger partial charge in [-0.05, 0) is 60.7 Å². The molecular weight excluding hydrogens is 464 g/mol. The number of thioether (sulfide) groups is 1. The van der Waals surface area contributed by atoms with Gasteiger partial charge in [0.1, 0.15) is 18.1 Å². The zero-order chi connectivity index (χ0) is 24.6. The molecule has 0 aliphatic carbocycles. The van der Waals surface area contributed by atoms with E-state index in [0.29, 0.717) is 33.5 Å². The fraction of sp³-hybridized carbons (Fsp3) is 0.154. The SMILES string of the molecule is COc1ccc(OCc2nnc(SCC(=O)c3ccc(NC(=O)c4ccccc4)cc3)n2C)cc1. The second-order valence-corrected chi connectivity index (χ2v) is 8.47. The predicted molar refractivity (Wildman–Crippen MR) is 134 cm³/mol. The molecule has 178 valence electrons. The maximum absolute atomic E-state index is 12.7. The minimum Gasteiger partial charge on any atom is -0.497 e. The number of amides is 1. The summed E-state index contributed by atoms with van der Waals surface area (Å²) in [5.41, 5.74) is 1.75. The van der Waals surface area contributed by atoms with Gasteiger partial charge in [0, 0.05) is 23.9 Å². The van der Waals surface area contributed by atoms with E-state index in [1.54, 1.807) is 43.5 Å². The first kappa shape index (κ1) is 24.0. The number of methoxy groups -OCH3 is 1. The second kappa shape index (κ2) is 11.3. The number of hydrogen-bond acceptors (Lipinski definition) is 7. The zero-order valence-electron chi connectivity index (χ0n) is 19.3. The molecule has 0 atom stereocenters. The van der Waals surface area contributed by atoms with Crippen molar-refractivity contribution in [3.63, 3.8) is 0 Å². The maximum Gasteiger partial charge on any atom is 0.255 e. The molecule has 4 aromatic rings. The molecule has 0 aliphatic rings. The lowest BCUT2D eigenvalue weighted by molar-refractivity contribution is 0.101. The molecule has 1 aromatic heterocycles. The maximum atomic E-state index is 12.7. The molecule has 4 rings (SSSR count). The number of nitrogens with one attached hydrogen (secondary N) is 1. The van der Waals surface area contributed by atoms with Gasteiger partial charge in [0.05, 0.1) is 12.9 Å². The summed E-state index contributed by atoms with van der Waals surface area (Å²) in [4.78, 5) is 24.9. The highest BCUT2D eigenvalue weighted by Gasteiger charge is 2.14. The number of ether oxygens (including phenoxy) is 2. The van der Waals surface area contributed by atoms with E-state index in [4.69, 9.17) is 9.47 Å². The van der Waals surface area contributed by atoms with Crippen LogP contribution in [0.4, 0.5) is 5.69 Å². The molecule has 1 N–H and O–H groups in total. The summed E-state index contributed by atoms with van der Waals surface area (Å²) in [5, 5.41) is 11.8. The lowest BCUT2D eigenvalue weighted by Gasteiger charge is -2.08. The molecule has 3 aromatic carbocycles. The number of ketones is 1. The van der Waals surface area contributed by atoms with Crippen LogP contribution in [0.3, 0.4) is 0 Å². The number of anilines is 1. The molecule has 8 nitrogen and oxygen atoms in total. The minimum absolute atomic E-state index is 0.0463. The number of hydrogen-bond donors (Lipinski definition) is 1. The Morgan fingerprint density at radius 1 is 0.886 bits per heavy atom. The van der Waals surface area contributed by atoms with Gasteiger partial charge in [-0.25, -0.2) is 0 Å². The van der Waals surface area contributed by atoms with Crippen LogP contribution in [0.1, 0.15) is 26.5 Å². The van der Waals surface area contributed by atoms with Crippen molar-refractivity contribution in [2.45, 2.75) is 11.8 Å². The van der Waals surface area contributed by atoms with Crippen LogP contribution in [0.15, 0.2) is 84.0 Å². The van der Waals surface area contributed by atoms with Crippen molar-refractivity contribution >= 4 is 29.1 Å². The van der Waals surface area contributed by atoms with Crippen LogP contribution in [0.5, 0.6) is 11.5 Å². The Morgan fingerprint density at radius 3 is 2.26 bits per heavy atom. The molecule has 0 saturated carbocycles. The third-order valence-corrected chi connectivity index (χ3v) is 6.21. The van der Waals surface area contributed by atoms with Gasteiger partial charge in [0.25, 0.3) is 5.91 Å². The smallest absolute Gasteiger partial charge is 0.255 e. The average molecular weight is 489 g/mol. The van der Waals surface area contributed by atoms with E-state index in [-0.39, 0.29) is 24.1 Å². The summed E-state index contributed by atoms with van der Waals surface area (Å²) in [5.74, 6) is 2.06. The number of benzene rings is 3. The number of rotatable bonds is 10. The van der Waals surface area contributed by atoms with Gasteiger partial charge in [-0.15, -0.1) is 10.2 Å². The summed E-state index contributed by atoms with van der Waals surface area (Å²) in [6, 6.07) is 23.1. The monoisotopic (exact) mass is 488 g/mol. The molecule has 0 fully saturated rings. The summed E-state index contributed by atoms with van der Waals surface area (Å²) < 4.78 is 12.7. The molecule has 0 unspecified atom stereocenters. The topological polar surface area (TPSA) is 95.3 Å². The molecular formula is C26H24N4O4S. The van der Waals surface area contributed by atoms with E-state index >= 15 is 0 Å². The van der Waals surface area contributed by atoms with Gasteiger partial charge >= 0.3 is 0 Å². The molecule has 0 bridgehead atoms. The minimum atomic E-state index is -0.200. The second-order valence-electron chi connectivity index (χ2n) is 7.53. The molecule has 0 aliphatic heterocycles. The van der Waals surface area contributed by atoms with Gasteiger partial charge in [-0.1, -0.05) is 30.0 Å². The number of carbonyl (C=O) groups is 2. The molecule has 9 heteroatoms. The van der Waals surface area contributed by atoms with Crippen LogP contribution in [-0.2, 0) is 13.7 Å². The van der Waals surface area contributed by atoms with E-state index in [2.05, 4.69) is 15.5 Å². The lowest BCUT2D eigenvalue weighted by atomic mass is 10.1. The molecule has 0 spiro atoms. The van der Waals surface area contributed by atoms with Gasteiger partial charge in [-0.2, -0.15) is 0 Å². The highest BCUT2D eigenvalue weighted by atomic mass is 32.2. The summed E-state index contributed by atoms with van der Waals surface area (Å²) in [6.07, 6.45) is 0. The third kappa shape index (κ3) is 6.27. The quantitative estimate of drug-likeness (QED) is 0.257. The standard InChI is InChI=1S/C26H24N4O4S/c1-30-24(16-34-22-14-12-21(33-2)13-15-22)28-29-26(30)35-17-23(31)18-8-10-20(11-9-18)27-25(32)19-6-4-3-5-7-19/h3-15H,16-17H2,1-2H3,(H,27,32). The van der Waals surface area contributed by atoms with Crippen LogP contribution in [0.25, 0.3) is 0 Å². The average Bonchev–Trinajstić information content (AvgIpc) is 3.26. The Labute approximate surface area is 207 Å².